The fourth-order valence-electron chi connectivity index (χ4n) is 5.09. The molecule has 2 spiro atoms. The minimum atomic E-state index is -0.719. The lowest BCUT2D eigenvalue weighted by Crippen LogP contribution is -2.44. The molecule has 6 heteroatoms. The monoisotopic (exact) mass is 340 g/mol. The number of hydrogen-bond donors (Lipinski definition) is 1. The first-order valence-corrected chi connectivity index (χ1v) is 9.70. The fraction of sp³-hybridized carbons (Fsp3) is 1.00. The molecule has 5 fully saturated rings. The summed E-state index contributed by atoms with van der Waals surface area (Å²) in [7, 11) is 0. The normalized spacial score (nSPS) is 46.6. The second kappa shape index (κ2) is 5.89. The molecular formula is C18H28O6. The van der Waals surface area contributed by atoms with Crippen LogP contribution in [-0.4, -0.2) is 54.0 Å². The molecular weight excluding hydrogens is 312 g/mol. The van der Waals surface area contributed by atoms with Crippen molar-refractivity contribution >= 4 is 0 Å². The first-order valence-electron chi connectivity index (χ1n) is 9.70. The van der Waals surface area contributed by atoms with Crippen LogP contribution < -0.4 is 0 Å². The Hall–Kier alpha value is -0.240. The van der Waals surface area contributed by atoms with Crippen LogP contribution in [-0.2, 0) is 23.7 Å². The minimum Gasteiger partial charge on any atom is -0.387 e. The third-order valence-electron chi connectivity index (χ3n) is 6.39. The third kappa shape index (κ3) is 2.54. The van der Waals surface area contributed by atoms with Crippen molar-refractivity contribution in [2.24, 2.45) is 0 Å². The fourth-order valence-corrected chi connectivity index (χ4v) is 5.09. The van der Waals surface area contributed by atoms with Crippen LogP contribution in [0.1, 0.15) is 64.2 Å². The molecule has 3 saturated heterocycles. The van der Waals surface area contributed by atoms with Crippen molar-refractivity contribution in [1.82, 2.24) is 0 Å². The molecule has 5 aliphatic rings. The SMILES string of the molecule is O[C@@H]1[C@H]2OC3(CCCCC3)O[C@H]2O[C@@H]1C1COC2(CCCCC2)O1. The van der Waals surface area contributed by atoms with Crippen molar-refractivity contribution in [3.63, 3.8) is 0 Å². The van der Waals surface area contributed by atoms with Gasteiger partial charge in [0.15, 0.2) is 17.9 Å². The van der Waals surface area contributed by atoms with E-state index in [2.05, 4.69) is 0 Å². The molecule has 0 amide bonds. The Kier molecular flexibility index (Phi) is 3.92. The molecule has 24 heavy (non-hydrogen) atoms. The topological polar surface area (TPSA) is 66.4 Å². The van der Waals surface area contributed by atoms with Gasteiger partial charge < -0.3 is 28.8 Å². The van der Waals surface area contributed by atoms with Gasteiger partial charge in [0.25, 0.3) is 0 Å². The van der Waals surface area contributed by atoms with Gasteiger partial charge in [0, 0.05) is 25.7 Å². The molecule has 0 radical (unpaired) electrons. The molecule has 6 nitrogen and oxygen atoms in total. The molecule has 5 rings (SSSR count). The summed E-state index contributed by atoms with van der Waals surface area (Å²) in [5.41, 5.74) is 0. The summed E-state index contributed by atoms with van der Waals surface area (Å²) in [5, 5.41) is 10.8. The van der Waals surface area contributed by atoms with E-state index in [0.29, 0.717) is 6.61 Å². The predicted octanol–water partition coefficient (Wildman–Crippen LogP) is 2.22. The van der Waals surface area contributed by atoms with E-state index in [1.807, 2.05) is 0 Å². The van der Waals surface area contributed by atoms with Crippen molar-refractivity contribution in [1.29, 1.82) is 0 Å². The van der Waals surface area contributed by atoms with Crippen LogP contribution in [0.5, 0.6) is 0 Å². The summed E-state index contributed by atoms with van der Waals surface area (Å²) in [6.45, 7) is 0.478. The van der Waals surface area contributed by atoms with Gasteiger partial charge in [-0.05, 0) is 25.7 Å². The average molecular weight is 340 g/mol. The van der Waals surface area contributed by atoms with Crippen molar-refractivity contribution in [2.75, 3.05) is 6.61 Å². The van der Waals surface area contributed by atoms with E-state index >= 15 is 0 Å². The highest BCUT2D eigenvalue weighted by atomic mass is 16.8. The van der Waals surface area contributed by atoms with Crippen molar-refractivity contribution < 1.29 is 28.8 Å². The van der Waals surface area contributed by atoms with E-state index in [9.17, 15) is 5.11 Å². The van der Waals surface area contributed by atoms with Crippen molar-refractivity contribution in [3.8, 4) is 0 Å². The first kappa shape index (κ1) is 16.0. The highest BCUT2D eigenvalue weighted by Crippen LogP contribution is 2.47. The number of fused-ring (bicyclic) bond motifs is 1. The molecule has 1 unspecified atom stereocenters. The number of hydrogen-bond acceptors (Lipinski definition) is 6. The van der Waals surface area contributed by atoms with Gasteiger partial charge in [0.1, 0.15) is 24.4 Å². The smallest absolute Gasteiger partial charge is 0.190 e. The van der Waals surface area contributed by atoms with Gasteiger partial charge in [0.2, 0.25) is 0 Å². The van der Waals surface area contributed by atoms with E-state index in [1.165, 1.54) is 12.8 Å². The maximum absolute atomic E-state index is 10.8. The van der Waals surface area contributed by atoms with Crippen LogP contribution >= 0.6 is 0 Å². The largest absolute Gasteiger partial charge is 0.387 e. The Balaban J connectivity index is 1.24. The molecule has 136 valence electrons. The summed E-state index contributed by atoms with van der Waals surface area (Å²) in [6.07, 6.45) is 8.38. The lowest BCUT2D eigenvalue weighted by atomic mass is 9.94. The highest BCUT2D eigenvalue weighted by molar-refractivity contribution is 5.00. The van der Waals surface area contributed by atoms with Crippen molar-refractivity contribution in [3.05, 3.63) is 0 Å². The number of ether oxygens (including phenoxy) is 5. The van der Waals surface area contributed by atoms with Gasteiger partial charge in [-0.25, -0.2) is 0 Å². The van der Waals surface area contributed by atoms with Crippen LogP contribution in [0.25, 0.3) is 0 Å². The van der Waals surface area contributed by atoms with E-state index < -0.39 is 36.2 Å². The molecule has 0 aromatic carbocycles. The predicted molar refractivity (Wildman–Crippen MR) is 83.1 cm³/mol. The zero-order valence-corrected chi connectivity index (χ0v) is 14.2. The standard InChI is InChI=1S/C18H28O6/c19-13-14(12-11-20-17(22-12)7-3-1-4-8-17)21-16-15(13)23-18(24-16)9-5-2-6-10-18/h12-16,19H,1-11H2/t12?,13-,14+,15+,16+/m0/s1. The van der Waals surface area contributed by atoms with Gasteiger partial charge >= 0.3 is 0 Å². The van der Waals surface area contributed by atoms with Gasteiger partial charge in [-0.15, -0.1) is 0 Å². The molecule has 2 saturated carbocycles. The molecule has 3 heterocycles. The number of aliphatic hydroxyl groups is 1. The van der Waals surface area contributed by atoms with Crippen molar-refractivity contribution in [2.45, 2.75) is 106 Å². The second-order valence-electron chi connectivity index (χ2n) is 8.07. The Morgan fingerprint density at radius 2 is 1.38 bits per heavy atom. The second-order valence-corrected chi connectivity index (χ2v) is 8.07. The summed E-state index contributed by atoms with van der Waals surface area (Å²) < 4.78 is 30.5. The summed E-state index contributed by atoms with van der Waals surface area (Å²) in [5.74, 6) is -0.979. The number of aliphatic hydroxyl groups excluding tert-OH is 1. The van der Waals surface area contributed by atoms with Gasteiger partial charge in [-0.1, -0.05) is 12.8 Å². The molecule has 0 bridgehead atoms. The quantitative estimate of drug-likeness (QED) is 0.789. The maximum atomic E-state index is 10.8. The summed E-state index contributed by atoms with van der Waals surface area (Å²) >= 11 is 0. The molecule has 0 aromatic rings. The van der Waals surface area contributed by atoms with Crippen LogP contribution in [0.15, 0.2) is 0 Å². The van der Waals surface area contributed by atoms with Gasteiger partial charge in [-0.3, -0.25) is 0 Å². The maximum Gasteiger partial charge on any atom is 0.190 e. The summed E-state index contributed by atoms with van der Waals surface area (Å²) in [4.78, 5) is 0. The first-order chi connectivity index (χ1) is 11.7. The highest BCUT2D eigenvalue weighted by Gasteiger charge is 2.60. The average Bonchev–Trinajstić information content (AvgIpc) is 3.23. The van der Waals surface area contributed by atoms with Crippen LogP contribution in [0.3, 0.4) is 0 Å². The lowest BCUT2D eigenvalue weighted by molar-refractivity contribution is -0.259. The van der Waals surface area contributed by atoms with E-state index in [0.717, 1.165) is 51.4 Å². The zero-order chi connectivity index (χ0) is 16.2. The minimum absolute atomic E-state index is 0.238. The Morgan fingerprint density at radius 3 is 2.04 bits per heavy atom. The van der Waals surface area contributed by atoms with Crippen LogP contribution in [0, 0.1) is 0 Å². The molecule has 1 N–H and O–H groups in total. The van der Waals surface area contributed by atoms with Gasteiger partial charge in [0.05, 0.1) is 6.61 Å². The Bertz CT molecular complexity index is 470. The van der Waals surface area contributed by atoms with E-state index in [4.69, 9.17) is 23.7 Å². The molecule has 0 aromatic heterocycles. The Labute approximate surface area is 142 Å². The molecule has 5 atom stereocenters. The van der Waals surface area contributed by atoms with Crippen LogP contribution in [0.4, 0.5) is 0 Å². The number of rotatable bonds is 1. The lowest BCUT2D eigenvalue weighted by Gasteiger charge is -2.34. The summed E-state index contributed by atoms with van der Waals surface area (Å²) in [6, 6.07) is 0. The van der Waals surface area contributed by atoms with Gasteiger partial charge in [-0.2, -0.15) is 0 Å². The zero-order valence-electron chi connectivity index (χ0n) is 14.2. The molecule has 3 aliphatic heterocycles. The molecule has 2 aliphatic carbocycles. The third-order valence-corrected chi connectivity index (χ3v) is 6.39. The Morgan fingerprint density at radius 1 is 0.708 bits per heavy atom. The van der Waals surface area contributed by atoms with E-state index in [-0.39, 0.29) is 6.10 Å². The van der Waals surface area contributed by atoms with Crippen LogP contribution in [0.2, 0.25) is 0 Å². The van der Waals surface area contributed by atoms with E-state index in [1.54, 1.807) is 0 Å².